The average molecular weight is 390 g/mol. The second kappa shape index (κ2) is 7.49. The van der Waals surface area contributed by atoms with E-state index >= 15 is 0 Å². The monoisotopic (exact) mass is 390 g/mol. The predicted molar refractivity (Wildman–Crippen MR) is 107 cm³/mol. The molecule has 0 spiro atoms. The van der Waals surface area contributed by atoms with E-state index in [-0.39, 0.29) is 5.69 Å². The van der Waals surface area contributed by atoms with Crippen molar-refractivity contribution in [3.63, 3.8) is 0 Å². The Morgan fingerprint density at radius 3 is 2.79 bits per heavy atom. The van der Waals surface area contributed by atoms with Crippen molar-refractivity contribution in [3.8, 4) is 21.1 Å². The van der Waals surface area contributed by atoms with Gasteiger partial charge in [0.1, 0.15) is 5.01 Å². The number of rotatable bonds is 5. The molecule has 28 heavy (non-hydrogen) atoms. The van der Waals surface area contributed by atoms with Gasteiger partial charge < -0.3 is 5.32 Å². The number of pyridine rings is 1. The Morgan fingerprint density at radius 2 is 2.00 bits per heavy atom. The first-order valence-corrected chi connectivity index (χ1v) is 9.14. The number of hydrogen-bond donors (Lipinski definition) is 1. The van der Waals surface area contributed by atoms with E-state index < -0.39 is 4.92 Å². The van der Waals surface area contributed by atoms with Crippen LogP contribution in [0.15, 0.2) is 61.1 Å². The van der Waals surface area contributed by atoms with Crippen molar-refractivity contribution in [2.24, 2.45) is 0 Å². The van der Waals surface area contributed by atoms with Crippen LogP contribution in [0.3, 0.4) is 0 Å². The lowest BCUT2D eigenvalue weighted by Gasteiger charge is -2.06. The van der Waals surface area contributed by atoms with Gasteiger partial charge in [-0.25, -0.2) is 15.0 Å². The number of nitrogens with zero attached hydrogens (tertiary/aromatic N) is 5. The quantitative estimate of drug-likeness (QED) is 0.391. The number of aryl methyl sites for hydroxylation is 1. The van der Waals surface area contributed by atoms with E-state index in [9.17, 15) is 10.1 Å². The number of nitrogens with one attached hydrogen (secondary N) is 1. The summed E-state index contributed by atoms with van der Waals surface area (Å²) in [6, 6.07) is 11.9. The first-order chi connectivity index (χ1) is 13.6. The molecule has 0 fully saturated rings. The van der Waals surface area contributed by atoms with Crippen molar-refractivity contribution in [3.05, 3.63) is 76.9 Å². The van der Waals surface area contributed by atoms with Gasteiger partial charge in [-0.3, -0.25) is 15.1 Å². The molecule has 0 saturated heterocycles. The zero-order valence-electron chi connectivity index (χ0n) is 14.7. The number of aromatic nitrogens is 4. The molecule has 0 atom stereocenters. The van der Waals surface area contributed by atoms with Crippen LogP contribution in [0.2, 0.25) is 0 Å². The second-order valence-electron chi connectivity index (χ2n) is 5.87. The van der Waals surface area contributed by atoms with Crippen LogP contribution >= 0.6 is 11.3 Å². The third-order valence-electron chi connectivity index (χ3n) is 3.91. The summed E-state index contributed by atoms with van der Waals surface area (Å²) in [4.78, 5) is 28.9. The molecule has 0 aliphatic carbocycles. The van der Waals surface area contributed by atoms with Gasteiger partial charge in [0.25, 0.3) is 5.69 Å². The number of benzene rings is 1. The molecule has 1 aromatic carbocycles. The predicted octanol–water partition coefficient (Wildman–Crippen LogP) is 4.62. The summed E-state index contributed by atoms with van der Waals surface area (Å²) in [5.74, 6) is 0.355. The SMILES string of the molecule is Cc1nc(-c2cccnc2)sc1-c1ccnc(Nc2cccc([N+](=O)[O-])c2)n1. The van der Waals surface area contributed by atoms with Crippen LogP contribution in [0.4, 0.5) is 17.3 Å². The fraction of sp³-hybridized carbons (Fsp3) is 0.0526. The summed E-state index contributed by atoms with van der Waals surface area (Å²) in [5, 5.41) is 14.8. The molecule has 4 aromatic rings. The highest BCUT2D eigenvalue weighted by Crippen LogP contribution is 2.34. The van der Waals surface area contributed by atoms with Gasteiger partial charge in [0.15, 0.2) is 0 Å². The van der Waals surface area contributed by atoms with Gasteiger partial charge in [-0.2, -0.15) is 0 Å². The van der Waals surface area contributed by atoms with Crippen molar-refractivity contribution < 1.29 is 4.92 Å². The number of thiazole rings is 1. The Kier molecular flexibility index (Phi) is 4.73. The van der Waals surface area contributed by atoms with Crippen molar-refractivity contribution >= 4 is 28.7 Å². The van der Waals surface area contributed by atoms with Crippen LogP contribution in [-0.4, -0.2) is 24.9 Å². The minimum Gasteiger partial charge on any atom is -0.324 e. The Bertz CT molecular complexity index is 1150. The third-order valence-corrected chi connectivity index (χ3v) is 5.14. The maximum absolute atomic E-state index is 10.9. The second-order valence-corrected chi connectivity index (χ2v) is 6.87. The van der Waals surface area contributed by atoms with Gasteiger partial charge in [0, 0.05) is 42.0 Å². The van der Waals surface area contributed by atoms with E-state index in [4.69, 9.17) is 0 Å². The number of anilines is 2. The Balaban J connectivity index is 1.64. The fourth-order valence-corrected chi connectivity index (χ4v) is 3.64. The van der Waals surface area contributed by atoms with Gasteiger partial charge in [-0.05, 0) is 31.2 Å². The zero-order chi connectivity index (χ0) is 19.5. The number of non-ortho nitro benzene ring substituents is 1. The summed E-state index contributed by atoms with van der Waals surface area (Å²) in [6.45, 7) is 1.93. The highest BCUT2D eigenvalue weighted by molar-refractivity contribution is 7.18. The van der Waals surface area contributed by atoms with E-state index in [0.717, 1.165) is 26.8 Å². The smallest absolute Gasteiger partial charge is 0.271 e. The molecule has 138 valence electrons. The fourth-order valence-electron chi connectivity index (χ4n) is 2.62. The van der Waals surface area contributed by atoms with Gasteiger partial charge in [-0.15, -0.1) is 11.3 Å². The van der Waals surface area contributed by atoms with Gasteiger partial charge in [0.05, 0.1) is 21.2 Å². The molecule has 4 rings (SSSR count). The molecular weight excluding hydrogens is 376 g/mol. The summed E-state index contributed by atoms with van der Waals surface area (Å²) >= 11 is 1.53. The summed E-state index contributed by atoms with van der Waals surface area (Å²) < 4.78 is 0. The van der Waals surface area contributed by atoms with Crippen LogP contribution in [0, 0.1) is 17.0 Å². The van der Waals surface area contributed by atoms with Gasteiger partial charge in [0.2, 0.25) is 5.95 Å². The molecule has 8 nitrogen and oxygen atoms in total. The molecule has 0 aliphatic rings. The lowest BCUT2D eigenvalue weighted by Crippen LogP contribution is -1.98. The van der Waals surface area contributed by atoms with E-state index in [1.807, 2.05) is 25.1 Å². The number of nitro groups is 1. The molecule has 0 aliphatic heterocycles. The summed E-state index contributed by atoms with van der Waals surface area (Å²) in [6.07, 6.45) is 5.14. The summed E-state index contributed by atoms with van der Waals surface area (Å²) in [5.41, 5.74) is 3.09. The molecule has 9 heteroatoms. The van der Waals surface area contributed by atoms with Crippen molar-refractivity contribution in [2.75, 3.05) is 5.32 Å². The molecule has 1 N–H and O–H groups in total. The lowest BCUT2D eigenvalue weighted by molar-refractivity contribution is -0.384. The van der Waals surface area contributed by atoms with Crippen molar-refractivity contribution in [1.29, 1.82) is 0 Å². The largest absolute Gasteiger partial charge is 0.324 e. The maximum atomic E-state index is 10.9. The standard InChI is InChI=1S/C19H14N6O2S/c1-12-17(28-18(22-12)13-4-3-8-20-11-13)16-7-9-21-19(24-16)23-14-5-2-6-15(10-14)25(26)27/h2-11H,1H3,(H,21,23,24). The van der Waals surface area contributed by atoms with Crippen molar-refractivity contribution in [2.45, 2.75) is 6.92 Å². The minimum atomic E-state index is -0.441. The average Bonchev–Trinajstić information content (AvgIpc) is 3.11. The Labute approximate surface area is 164 Å². The lowest BCUT2D eigenvalue weighted by atomic mass is 10.3. The highest BCUT2D eigenvalue weighted by atomic mass is 32.1. The molecule has 0 bridgehead atoms. The summed E-state index contributed by atoms with van der Waals surface area (Å²) in [7, 11) is 0. The minimum absolute atomic E-state index is 0.000526. The van der Waals surface area contributed by atoms with Crippen LogP contribution < -0.4 is 5.32 Å². The van der Waals surface area contributed by atoms with Crippen molar-refractivity contribution in [1.82, 2.24) is 19.9 Å². The van der Waals surface area contributed by atoms with Gasteiger partial charge >= 0.3 is 0 Å². The van der Waals surface area contributed by atoms with E-state index in [2.05, 4.69) is 25.3 Å². The molecule has 3 aromatic heterocycles. The zero-order valence-corrected chi connectivity index (χ0v) is 15.6. The molecule has 0 radical (unpaired) electrons. The first-order valence-electron chi connectivity index (χ1n) is 8.33. The molecule has 0 unspecified atom stereocenters. The molecule has 0 amide bonds. The number of nitro benzene ring substituents is 1. The first kappa shape index (κ1) is 17.7. The van der Waals surface area contributed by atoms with Crippen LogP contribution in [0.5, 0.6) is 0 Å². The Hall–Kier alpha value is -3.72. The molecule has 0 saturated carbocycles. The normalized spacial score (nSPS) is 10.6. The maximum Gasteiger partial charge on any atom is 0.271 e. The van der Waals surface area contributed by atoms with E-state index in [1.54, 1.807) is 30.7 Å². The molecule has 3 heterocycles. The molecular formula is C19H14N6O2S. The topological polar surface area (TPSA) is 107 Å². The van der Waals surface area contributed by atoms with Crippen LogP contribution in [-0.2, 0) is 0 Å². The van der Waals surface area contributed by atoms with Crippen LogP contribution in [0.1, 0.15) is 5.69 Å². The van der Waals surface area contributed by atoms with E-state index in [0.29, 0.717) is 11.6 Å². The third kappa shape index (κ3) is 3.69. The van der Waals surface area contributed by atoms with E-state index in [1.165, 1.54) is 23.5 Å². The van der Waals surface area contributed by atoms with Gasteiger partial charge in [-0.1, -0.05) is 6.07 Å². The van der Waals surface area contributed by atoms with Crippen LogP contribution in [0.25, 0.3) is 21.1 Å². The Morgan fingerprint density at radius 1 is 1.11 bits per heavy atom. The number of hydrogen-bond acceptors (Lipinski definition) is 8. The highest BCUT2D eigenvalue weighted by Gasteiger charge is 2.14.